The molecule has 3 rings (SSSR count). The number of rotatable bonds is 6. The molecule has 140 valence electrons. The molecule has 0 radical (unpaired) electrons. The smallest absolute Gasteiger partial charge is 0.347 e. The highest BCUT2D eigenvalue weighted by atomic mass is 16.6. The number of esters is 1. The molecule has 1 heterocycles. The van der Waals surface area contributed by atoms with Crippen LogP contribution in [0.1, 0.15) is 18.1 Å². The lowest BCUT2D eigenvalue weighted by molar-refractivity contribution is -0.152. The molecule has 0 fully saturated rings. The molecule has 0 spiro atoms. The number of hydrogen-bond acceptors (Lipinski definition) is 6. The number of aryl methyl sites for hydroxylation is 1. The van der Waals surface area contributed by atoms with E-state index in [0.717, 1.165) is 5.56 Å². The molecule has 3 aromatic rings. The highest BCUT2D eigenvalue weighted by Gasteiger charge is 2.17. The Bertz CT molecular complexity index is 1020. The van der Waals surface area contributed by atoms with Gasteiger partial charge in [-0.05, 0) is 43.7 Å². The van der Waals surface area contributed by atoms with Gasteiger partial charge in [-0.15, -0.1) is 0 Å². The van der Waals surface area contributed by atoms with E-state index in [0.29, 0.717) is 28.0 Å². The van der Waals surface area contributed by atoms with E-state index in [-0.39, 0.29) is 6.61 Å². The van der Waals surface area contributed by atoms with Gasteiger partial charge in [-0.1, -0.05) is 12.1 Å². The van der Waals surface area contributed by atoms with Crippen molar-refractivity contribution in [3.05, 3.63) is 70.1 Å². The van der Waals surface area contributed by atoms with Crippen LogP contribution in [-0.2, 0) is 16.1 Å². The van der Waals surface area contributed by atoms with Gasteiger partial charge in [-0.25, -0.2) is 9.59 Å². The second kappa shape index (κ2) is 7.95. The molecule has 2 aromatic carbocycles. The summed E-state index contributed by atoms with van der Waals surface area (Å²) in [7, 11) is 1.53. The topological polar surface area (TPSA) is 75.0 Å². The molecule has 0 saturated carbocycles. The molecule has 6 heteroatoms. The molecule has 27 heavy (non-hydrogen) atoms. The van der Waals surface area contributed by atoms with Crippen molar-refractivity contribution in [2.45, 2.75) is 26.6 Å². The second-order valence-electron chi connectivity index (χ2n) is 6.14. The van der Waals surface area contributed by atoms with Crippen molar-refractivity contribution in [1.82, 2.24) is 0 Å². The first-order valence-corrected chi connectivity index (χ1v) is 8.47. The Labute approximate surface area is 156 Å². The Morgan fingerprint density at radius 3 is 2.67 bits per heavy atom. The van der Waals surface area contributed by atoms with E-state index in [4.69, 9.17) is 18.6 Å². The lowest BCUT2D eigenvalue weighted by atomic mass is 10.1. The maximum Gasteiger partial charge on any atom is 0.347 e. The normalized spacial score (nSPS) is 11.8. The van der Waals surface area contributed by atoms with E-state index in [1.165, 1.54) is 13.2 Å². The van der Waals surface area contributed by atoms with Crippen LogP contribution < -0.4 is 15.1 Å². The van der Waals surface area contributed by atoms with Gasteiger partial charge in [0.25, 0.3) is 0 Å². The predicted molar refractivity (Wildman–Crippen MR) is 100 cm³/mol. The monoisotopic (exact) mass is 368 g/mol. The van der Waals surface area contributed by atoms with Gasteiger partial charge in [-0.3, -0.25) is 0 Å². The summed E-state index contributed by atoms with van der Waals surface area (Å²) in [6, 6.07) is 13.8. The Morgan fingerprint density at radius 2 is 1.93 bits per heavy atom. The van der Waals surface area contributed by atoms with E-state index >= 15 is 0 Å². The number of ether oxygens (including phenoxy) is 3. The van der Waals surface area contributed by atoms with Crippen LogP contribution in [0.4, 0.5) is 0 Å². The third kappa shape index (κ3) is 4.47. The Kier molecular flexibility index (Phi) is 5.45. The minimum atomic E-state index is -0.779. The molecule has 0 aliphatic heterocycles. The van der Waals surface area contributed by atoms with Crippen LogP contribution in [0, 0.1) is 6.92 Å². The summed E-state index contributed by atoms with van der Waals surface area (Å²) in [5.74, 6) is 0.642. The van der Waals surface area contributed by atoms with Crippen LogP contribution in [0.25, 0.3) is 11.0 Å². The van der Waals surface area contributed by atoms with Crippen LogP contribution in [0.3, 0.4) is 0 Å². The predicted octanol–water partition coefficient (Wildman–Crippen LogP) is 3.62. The molecular formula is C21H20O6. The van der Waals surface area contributed by atoms with Gasteiger partial charge < -0.3 is 18.6 Å². The van der Waals surface area contributed by atoms with E-state index in [2.05, 4.69) is 0 Å². The largest absolute Gasteiger partial charge is 0.497 e. The summed E-state index contributed by atoms with van der Waals surface area (Å²) in [6.45, 7) is 3.50. The number of fused-ring (bicyclic) bond motifs is 1. The Hall–Kier alpha value is -3.28. The summed E-state index contributed by atoms with van der Waals surface area (Å²) in [5.41, 5.74) is 1.44. The third-order valence-electron chi connectivity index (χ3n) is 4.04. The number of carbonyl (C=O) groups is 1. The molecular weight excluding hydrogens is 348 g/mol. The van der Waals surface area contributed by atoms with Crippen molar-refractivity contribution in [3.8, 4) is 11.5 Å². The zero-order chi connectivity index (χ0) is 19.4. The van der Waals surface area contributed by atoms with Crippen molar-refractivity contribution in [1.29, 1.82) is 0 Å². The van der Waals surface area contributed by atoms with Gasteiger partial charge in [0.15, 0.2) is 6.10 Å². The number of carbonyl (C=O) groups excluding carboxylic acids is 1. The van der Waals surface area contributed by atoms with Crippen LogP contribution in [0.2, 0.25) is 0 Å². The van der Waals surface area contributed by atoms with Crippen molar-refractivity contribution in [3.63, 3.8) is 0 Å². The standard InChI is InChI=1S/C21H20O6/c1-13-5-4-6-17(9-13)26-14(2)21(23)25-12-15-10-20(22)27-19-11-16(24-3)7-8-18(15)19/h4-11,14H,12H2,1-3H3/t14-/m1/s1. The number of benzene rings is 2. The second-order valence-corrected chi connectivity index (χ2v) is 6.14. The van der Waals surface area contributed by atoms with E-state index < -0.39 is 17.7 Å². The first-order chi connectivity index (χ1) is 13.0. The zero-order valence-corrected chi connectivity index (χ0v) is 15.4. The van der Waals surface area contributed by atoms with E-state index in [1.807, 2.05) is 25.1 Å². The summed E-state index contributed by atoms with van der Waals surface area (Å²) in [4.78, 5) is 24.0. The van der Waals surface area contributed by atoms with Crippen molar-refractivity contribution in [2.24, 2.45) is 0 Å². The van der Waals surface area contributed by atoms with Crippen LogP contribution in [-0.4, -0.2) is 19.2 Å². The third-order valence-corrected chi connectivity index (χ3v) is 4.04. The first-order valence-electron chi connectivity index (χ1n) is 8.47. The zero-order valence-electron chi connectivity index (χ0n) is 15.4. The minimum absolute atomic E-state index is 0.0607. The molecule has 1 atom stereocenters. The molecule has 6 nitrogen and oxygen atoms in total. The molecule has 0 aliphatic carbocycles. The summed E-state index contributed by atoms with van der Waals surface area (Å²) < 4.78 is 21.3. The van der Waals surface area contributed by atoms with Gasteiger partial charge in [0, 0.05) is 23.1 Å². The molecule has 0 unspecified atom stereocenters. The Balaban J connectivity index is 1.72. The molecule has 0 amide bonds. The molecule has 0 saturated heterocycles. The van der Waals surface area contributed by atoms with E-state index in [1.54, 1.807) is 31.2 Å². The maximum absolute atomic E-state index is 12.3. The molecule has 1 aromatic heterocycles. The Morgan fingerprint density at radius 1 is 1.11 bits per heavy atom. The fraction of sp³-hybridized carbons (Fsp3) is 0.238. The van der Waals surface area contributed by atoms with Gasteiger partial charge in [0.05, 0.1) is 7.11 Å². The quantitative estimate of drug-likeness (QED) is 0.489. The number of methoxy groups -OCH3 is 1. The average molecular weight is 368 g/mol. The lowest BCUT2D eigenvalue weighted by Gasteiger charge is -2.15. The van der Waals surface area contributed by atoms with Gasteiger partial charge in [0.2, 0.25) is 0 Å². The van der Waals surface area contributed by atoms with Crippen LogP contribution in [0.15, 0.2) is 57.7 Å². The van der Waals surface area contributed by atoms with Crippen LogP contribution in [0.5, 0.6) is 11.5 Å². The van der Waals surface area contributed by atoms with Crippen molar-refractivity contribution in [2.75, 3.05) is 7.11 Å². The van der Waals surface area contributed by atoms with Gasteiger partial charge in [0.1, 0.15) is 23.7 Å². The van der Waals surface area contributed by atoms with Gasteiger partial charge >= 0.3 is 11.6 Å². The summed E-state index contributed by atoms with van der Waals surface area (Å²) in [6.07, 6.45) is -0.779. The highest BCUT2D eigenvalue weighted by Crippen LogP contribution is 2.23. The number of hydrogen-bond donors (Lipinski definition) is 0. The molecule has 0 aliphatic rings. The van der Waals surface area contributed by atoms with Crippen molar-refractivity contribution < 1.29 is 23.4 Å². The fourth-order valence-electron chi connectivity index (χ4n) is 2.66. The summed E-state index contributed by atoms with van der Waals surface area (Å²) in [5, 5.41) is 0.676. The van der Waals surface area contributed by atoms with Crippen LogP contribution >= 0.6 is 0 Å². The SMILES string of the molecule is COc1ccc2c(COC(=O)[C@@H](C)Oc3cccc(C)c3)cc(=O)oc2c1. The minimum Gasteiger partial charge on any atom is -0.497 e. The molecule has 0 N–H and O–H groups in total. The lowest BCUT2D eigenvalue weighted by Crippen LogP contribution is -2.26. The highest BCUT2D eigenvalue weighted by molar-refractivity contribution is 5.82. The molecule has 0 bridgehead atoms. The average Bonchev–Trinajstić information content (AvgIpc) is 2.65. The first kappa shape index (κ1) is 18.5. The van der Waals surface area contributed by atoms with E-state index in [9.17, 15) is 9.59 Å². The summed E-state index contributed by atoms with van der Waals surface area (Å²) >= 11 is 0. The maximum atomic E-state index is 12.3. The van der Waals surface area contributed by atoms with Gasteiger partial charge in [-0.2, -0.15) is 0 Å². The van der Waals surface area contributed by atoms with Crippen molar-refractivity contribution >= 4 is 16.9 Å². The fourth-order valence-corrected chi connectivity index (χ4v) is 2.66.